The van der Waals surface area contributed by atoms with Gasteiger partial charge in [0, 0.05) is 25.0 Å². The number of rotatable bonds is 5. The normalized spacial score (nSPS) is 16.1. The first-order valence-electron chi connectivity index (χ1n) is 8.80. The second-order valence-electron chi connectivity index (χ2n) is 6.75. The van der Waals surface area contributed by atoms with Gasteiger partial charge in [-0.15, -0.1) is 0 Å². The highest BCUT2D eigenvalue weighted by molar-refractivity contribution is 7.89. The number of hydrogen-bond acceptors (Lipinski definition) is 4. The zero-order valence-electron chi connectivity index (χ0n) is 14.8. The fourth-order valence-corrected chi connectivity index (χ4v) is 4.42. The molecule has 134 valence electrons. The number of sulfonamides is 1. The van der Waals surface area contributed by atoms with Crippen LogP contribution in [0.2, 0.25) is 0 Å². The van der Waals surface area contributed by atoms with Crippen LogP contribution in [-0.2, 0) is 10.0 Å². The third-order valence-electron chi connectivity index (χ3n) is 4.54. The Morgan fingerprint density at radius 1 is 1.00 bits per heavy atom. The molecule has 1 aromatic heterocycles. The molecule has 1 fully saturated rings. The lowest BCUT2D eigenvalue weighted by Gasteiger charge is -2.25. The smallest absolute Gasteiger partial charge is 0.244 e. The Bertz CT molecular complexity index is 794. The fraction of sp³-hybridized carbons (Fsp3) is 0.421. The predicted molar refractivity (Wildman–Crippen MR) is 101 cm³/mol. The minimum atomic E-state index is -3.42. The van der Waals surface area contributed by atoms with Crippen LogP contribution in [0.5, 0.6) is 0 Å². The van der Waals surface area contributed by atoms with E-state index in [4.69, 9.17) is 0 Å². The number of nitrogens with zero attached hydrogens (tertiary/aromatic N) is 2. The second kappa shape index (κ2) is 7.54. The number of nitrogens with one attached hydrogen (secondary N) is 1. The van der Waals surface area contributed by atoms with Gasteiger partial charge in [0.1, 0.15) is 10.7 Å². The van der Waals surface area contributed by atoms with E-state index in [-0.39, 0.29) is 4.90 Å². The van der Waals surface area contributed by atoms with Gasteiger partial charge in [0.2, 0.25) is 10.0 Å². The molecule has 0 amide bonds. The molecule has 0 atom stereocenters. The molecule has 1 saturated heterocycles. The quantitative estimate of drug-likeness (QED) is 0.872. The summed E-state index contributed by atoms with van der Waals surface area (Å²) in [6.07, 6.45) is 4.40. The lowest BCUT2D eigenvalue weighted by Crippen LogP contribution is -2.35. The molecule has 0 bridgehead atoms. The third-order valence-corrected chi connectivity index (χ3v) is 6.42. The van der Waals surface area contributed by atoms with Crippen LogP contribution >= 0.6 is 0 Å². The van der Waals surface area contributed by atoms with Crippen molar-refractivity contribution in [2.45, 2.75) is 43.9 Å². The first-order chi connectivity index (χ1) is 12.0. The van der Waals surface area contributed by atoms with Gasteiger partial charge in [-0.25, -0.2) is 13.4 Å². The molecule has 1 aliphatic heterocycles. The summed E-state index contributed by atoms with van der Waals surface area (Å²) in [6.45, 7) is 5.52. The van der Waals surface area contributed by atoms with E-state index in [1.165, 1.54) is 11.8 Å². The SMILES string of the molecule is CC(C)c1ccc(Nc2ccc(S(=O)(=O)N3CCCCC3)cn2)cc1. The molecule has 25 heavy (non-hydrogen) atoms. The largest absolute Gasteiger partial charge is 0.340 e. The molecular weight excluding hydrogens is 334 g/mol. The topological polar surface area (TPSA) is 62.3 Å². The van der Waals surface area contributed by atoms with E-state index in [9.17, 15) is 8.42 Å². The van der Waals surface area contributed by atoms with E-state index in [0.717, 1.165) is 24.9 Å². The molecule has 1 aliphatic rings. The molecule has 0 radical (unpaired) electrons. The first-order valence-corrected chi connectivity index (χ1v) is 10.2. The molecule has 0 aliphatic carbocycles. The summed E-state index contributed by atoms with van der Waals surface area (Å²) in [4.78, 5) is 4.54. The monoisotopic (exact) mass is 359 g/mol. The van der Waals surface area contributed by atoms with Gasteiger partial charge in [-0.1, -0.05) is 32.4 Å². The molecule has 6 heteroatoms. The molecule has 2 heterocycles. The molecule has 0 saturated carbocycles. The highest BCUT2D eigenvalue weighted by Crippen LogP contribution is 2.23. The van der Waals surface area contributed by atoms with E-state index >= 15 is 0 Å². The molecule has 1 N–H and O–H groups in total. The Morgan fingerprint density at radius 2 is 1.68 bits per heavy atom. The van der Waals surface area contributed by atoms with Crippen LogP contribution < -0.4 is 5.32 Å². The van der Waals surface area contributed by atoms with E-state index in [1.807, 2.05) is 12.1 Å². The summed E-state index contributed by atoms with van der Waals surface area (Å²) in [5, 5.41) is 3.21. The fourth-order valence-electron chi connectivity index (χ4n) is 2.96. The van der Waals surface area contributed by atoms with Crippen molar-refractivity contribution in [1.82, 2.24) is 9.29 Å². The average molecular weight is 359 g/mol. The van der Waals surface area contributed by atoms with Crippen molar-refractivity contribution in [2.24, 2.45) is 0 Å². The molecule has 0 spiro atoms. The van der Waals surface area contributed by atoms with Gasteiger partial charge in [-0.05, 0) is 48.6 Å². The van der Waals surface area contributed by atoms with Gasteiger partial charge in [0.05, 0.1) is 0 Å². The maximum absolute atomic E-state index is 12.6. The number of pyridine rings is 1. The van der Waals surface area contributed by atoms with Crippen molar-refractivity contribution in [1.29, 1.82) is 0 Å². The van der Waals surface area contributed by atoms with Crippen molar-refractivity contribution in [3.63, 3.8) is 0 Å². The Kier molecular flexibility index (Phi) is 5.39. The Balaban J connectivity index is 1.71. The molecule has 3 rings (SSSR count). The molecule has 5 nitrogen and oxygen atoms in total. The van der Waals surface area contributed by atoms with Gasteiger partial charge < -0.3 is 5.32 Å². The van der Waals surface area contributed by atoms with Gasteiger partial charge >= 0.3 is 0 Å². The highest BCUT2D eigenvalue weighted by Gasteiger charge is 2.26. The number of hydrogen-bond donors (Lipinski definition) is 1. The van der Waals surface area contributed by atoms with Crippen LogP contribution in [0.3, 0.4) is 0 Å². The van der Waals surface area contributed by atoms with Crippen molar-refractivity contribution < 1.29 is 8.42 Å². The van der Waals surface area contributed by atoms with Crippen LogP contribution in [0.4, 0.5) is 11.5 Å². The molecular formula is C19H25N3O2S. The maximum atomic E-state index is 12.6. The summed E-state index contributed by atoms with van der Waals surface area (Å²) in [7, 11) is -3.42. The zero-order valence-corrected chi connectivity index (χ0v) is 15.6. The Hall–Kier alpha value is -1.92. The lowest BCUT2D eigenvalue weighted by atomic mass is 10.0. The summed E-state index contributed by atoms with van der Waals surface area (Å²) < 4.78 is 26.8. The average Bonchev–Trinajstić information content (AvgIpc) is 2.63. The molecule has 2 aromatic rings. The predicted octanol–water partition coefficient (Wildman–Crippen LogP) is 4.12. The van der Waals surface area contributed by atoms with Crippen LogP contribution in [0.1, 0.15) is 44.6 Å². The van der Waals surface area contributed by atoms with Crippen molar-refractivity contribution in [2.75, 3.05) is 18.4 Å². The number of benzene rings is 1. The van der Waals surface area contributed by atoms with Crippen LogP contribution in [-0.4, -0.2) is 30.8 Å². The summed E-state index contributed by atoms with van der Waals surface area (Å²) >= 11 is 0. The minimum absolute atomic E-state index is 0.259. The summed E-state index contributed by atoms with van der Waals surface area (Å²) in [5.74, 6) is 1.13. The van der Waals surface area contributed by atoms with Crippen molar-refractivity contribution >= 4 is 21.5 Å². The van der Waals surface area contributed by atoms with Crippen molar-refractivity contribution in [3.05, 3.63) is 48.2 Å². The number of piperidine rings is 1. The zero-order chi connectivity index (χ0) is 17.9. The number of aromatic nitrogens is 1. The molecule has 0 unspecified atom stereocenters. The Morgan fingerprint density at radius 3 is 2.24 bits per heavy atom. The standard InChI is InChI=1S/C19H25N3O2S/c1-15(2)16-6-8-17(9-7-16)21-19-11-10-18(14-20-19)25(23,24)22-12-4-3-5-13-22/h6-11,14-15H,3-5,12-13H2,1-2H3,(H,20,21). The minimum Gasteiger partial charge on any atom is -0.340 e. The van der Waals surface area contributed by atoms with Crippen LogP contribution in [0, 0.1) is 0 Å². The van der Waals surface area contributed by atoms with Gasteiger partial charge in [0.15, 0.2) is 0 Å². The van der Waals surface area contributed by atoms with Crippen molar-refractivity contribution in [3.8, 4) is 0 Å². The van der Waals surface area contributed by atoms with E-state index in [1.54, 1.807) is 16.4 Å². The van der Waals surface area contributed by atoms with Gasteiger partial charge in [-0.3, -0.25) is 0 Å². The molecule has 1 aromatic carbocycles. The van der Waals surface area contributed by atoms with E-state index < -0.39 is 10.0 Å². The second-order valence-corrected chi connectivity index (χ2v) is 8.68. The van der Waals surface area contributed by atoms with E-state index in [2.05, 4.69) is 36.3 Å². The Labute approximate surface area is 150 Å². The first kappa shape index (κ1) is 17.9. The van der Waals surface area contributed by atoms with Gasteiger partial charge in [-0.2, -0.15) is 4.31 Å². The third kappa shape index (κ3) is 4.19. The summed E-state index contributed by atoms with van der Waals surface area (Å²) in [6, 6.07) is 11.5. The summed E-state index contributed by atoms with van der Waals surface area (Å²) in [5.41, 5.74) is 2.21. The van der Waals surface area contributed by atoms with E-state index in [0.29, 0.717) is 24.8 Å². The van der Waals surface area contributed by atoms with Crippen LogP contribution in [0.15, 0.2) is 47.5 Å². The lowest BCUT2D eigenvalue weighted by molar-refractivity contribution is 0.346. The highest BCUT2D eigenvalue weighted by atomic mass is 32.2. The van der Waals surface area contributed by atoms with Gasteiger partial charge in [0.25, 0.3) is 0 Å². The van der Waals surface area contributed by atoms with Crippen LogP contribution in [0.25, 0.3) is 0 Å². The number of anilines is 2. The maximum Gasteiger partial charge on any atom is 0.244 e.